The molecule has 2 aromatic rings. The predicted octanol–water partition coefficient (Wildman–Crippen LogP) is 5.62. The molecule has 0 aromatic heterocycles. The number of nitrogens with one attached hydrogen (secondary N) is 2. The van der Waals surface area contributed by atoms with Gasteiger partial charge in [-0.3, -0.25) is 14.5 Å². The molecule has 0 radical (unpaired) electrons. The Labute approximate surface area is 245 Å². The molecule has 0 saturated carbocycles. The van der Waals surface area contributed by atoms with Gasteiger partial charge in [-0.2, -0.15) is 0 Å². The van der Waals surface area contributed by atoms with E-state index in [2.05, 4.69) is 20.4 Å². The van der Waals surface area contributed by atoms with Gasteiger partial charge in [0.2, 0.25) is 5.91 Å². The van der Waals surface area contributed by atoms with Crippen LogP contribution in [0, 0.1) is 0 Å². The van der Waals surface area contributed by atoms with Crippen LogP contribution >= 0.6 is 23.2 Å². The Morgan fingerprint density at radius 2 is 1.52 bits per heavy atom. The van der Waals surface area contributed by atoms with E-state index in [-0.39, 0.29) is 30.7 Å². The van der Waals surface area contributed by atoms with Crippen LogP contribution in [0.4, 0.5) is 21.9 Å². The molecule has 2 aromatic carbocycles. The fraction of sp³-hybridized carbons (Fsp3) is 0.483. The van der Waals surface area contributed by atoms with Crippen LogP contribution in [0.25, 0.3) is 0 Å². The summed E-state index contributed by atoms with van der Waals surface area (Å²) in [5.41, 5.74) is 3.20. The Morgan fingerprint density at radius 3 is 2.15 bits per heavy atom. The second-order valence-corrected chi connectivity index (χ2v) is 10.9. The van der Waals surface area contributed by atoms with Gasteiger partial charge >= 0.3 is 12.0 Å². The summed E-state index contributed by atoms with van der Waals surface area (Å²) in [5.74, 6) is -0.426. The first-order valence-electron chi connectivity index (χ1n) is 13.9. The van der Waals surface area contributed by atoms with Gasteiger partial charge in [0.05, 0.1) is 22.3 Å². The van der Waals surface area contributed by atoms with Crippen molar-refractivity contribution < 1.29 is 19.1 Å². The Bertz CT molecular complexity index is 1160. The number of rotatable bonds is 10. The number of esters is 1. The van der Waals surface area contributed by atoms with Gasteiger partial charge in [0, 0.05) is 56.9 Å². The standard InChI is InChI=1S/C29H37Cl2N5O4/c1-2-40-27(38)7-5-6-26(37)32-22-8-10-23(11-9-22)35-14-16-36(17-15-35)29(39)33-28-24(30)18-21(19-25(28)31)20-34-12-3-4-13-34/h8-11,18-19H,2-7,12-17,20H2,1H3,(H,32,37)(H,33,39). The molecule has 2 fully saturated rings. The summed E-state index contributed by atoms with van der Waals surface area (Å²) in [7, 11) is 0. The number of ether oxygens (including phenoxy) is 1. The van der Waals surface area contributed by atoms with E-state index in [1.807, 2.05) is 36.4 Å². The van der Waals surface area contributed by atoms with E-state index < -0.39 is 0 Å². The molecule has 4 rings (SSSR count). The SMILES string of the molecule is CCOC(=O)CCCC(=O)Nc1ccc(N2CCN(C(=O)Nc3c(Cl)cc(CN4CCCC4)cc3Cl)CC2)cc1. The number of piperazine rings is 1. The molecule has 0 aliphatic carbocycles. The molecular formula is C29H37Cl2N5O4. The zero-order valence-electron chi connectivity index (χ0n) is 22.9. The summed E-state index contributed by atoms with van der Waals surface area (Å²) in [6, 6.07) is 11.2. The first-order chi connectivity index (χ1) is 19.3. The number of likely N-dealkylation sites (tertiary alicyclic amines) is 1. The lowest BCUT2D eigenvalue weighted by atomic mass is 10.2. The minimum absolute atomic E-state index is 0.141. The van der Waals surface area contributed by atoms with E-state index in [9.17, 15) is 14.4 Å². The average Bonchev–Trinajstić information content (AvgIpc) is 3.44. The molecule has 0 unspecified atom stereocenters. The molecule has 216 valence electrons. The molecule has 2 aliphatic rings. The lowest BCUT2D eigenvalue weighted by molar-refractivity contribution is -0.143. The first kappa shape index (κ1) is 30.0. The number of amides is 3. The minimum atomic E-state index is -0.285. The van der Waals surface area contributed by atoms with E-state index in [0.717, 1.165) is 30.9 Å². The molecule has 3 amide bonds. The first-order valence-corrected chi connectivity index (χ1v) is 14.6. The van der Waals surface area contributed by atoms with Gasteiger partial charge in [0.1, 0.15) is 0 Å². The second kappa shape index (κ2) is 14.6. The number of anilines is 3. The van der Waals surface area contributed by atoms with Gasteiger partial charge in [0.15, 0.2) is 0 Å². The summed E-state index contributed by atoms with van der Waals surface area (Å²) < 4.78 is 4.88. The van der Waals surface area contributed by atoms with Crippen molar-refractivity contribution in [2.75, 3.05) is 61.4 Å². The third-order valence-electron chi connectivity index (χ3n) is 7.11. The number of hydrogen-bond acceptors (Lipinski definition) is 6. The van der Waals surface area contributed by atoms with E-state index in [1.165, 1.54) is 12.8 Å². The monoisotopic (exact) mass is 589 g/mol. The number of benzene rings is 2. The van der Waals surface area contributed by atoms with Crippen LogP contribution in [-0.2, 0) is 20.9 Å². The smallest absolute Gasteiger partial charge is 0.322 e. The molecular weight excluding hydrogens is 553 g/mol. The van der Waals surface area contributed by atoms with E-state index in [0.29, 0.717) is 60.6 Å². The van der Waals surface area contributed by atoms with Gasteiger partial charge in [-0.1, -0.05) is 23.2 Å². The van der Waals surface area contributed by atoms with Gasteiger partial charge in [-0.25, -0.2) is 4.79 Å². The third kappa shape index (κ3) is 8.49. The molecule has 2 N–H and O–H groups in total. The number of urea groups is 1. The van der Waals surface area contributed by atoms with Crippen LogP contribution in [0.5, 0.6) is 0 Å². The van der Waals surface area contributed by atoms with Crippen molar-refractivity contribution in [3.63, 3.8) is 0 Å². The van der Waals surface area contributed by atoms with Crippen LogP contribution in [-0.4, -0.2) is 73.6 Å². The van der Waals surface area contributed by atoms with Crippen LogP contribution < -0.4 is 15.5 Å². The fourth-order valence-electron chi connectivity index (χ4n) is 4.99. The third-order valence-corrected chi connectivity index (χ3v) is 7.71. The van der Waals surface area contributed by atoms with Crippen molar-refractivity contribution in [2.45, 2.75) is 45.6 Å². The highest BCUT2D eigenvalue weighted by atomic mass is 35.5. The zero-order valence-corrected chi connectivity index (χ0v) is 24.4. The van der Waals surface area contributed by atoms with Crippen molar-refractivity contribution in [2.24, 2.45) is 0 Å². The number of halogens is 2. The van der Waals surface area contributed by atoms with Crippen molar-refractivity contribution in [1.29, 1.82) is 0 Å². The largest absolute Gasteiger partial charge is 0.466 e. The molecule has 0 bridgehead atoms. The van der Waals surface area contributed by atoms with Crippen molar-refractivity contribution in [3.05, 3.63) is 52.0 Å². The summed E-state index contributed by atoms with van der Waals surface area (Å²) in [5, 5.41) is 6.65. The summed E-state index contributed by atoms with van der Waals surface area (Å²) >= 11 is 13.0. The summed E-state index contributed by atoms with van der Waals surface area (Å²) in [6.07, 6.45) is 3.36. The van der Waals surface area contributed by atoms with E-state index >= 15 is 0 Å². The van der Waals surface area contributed by atoms with E-state index in [1.54, 1.807) is 11.8 Å². The molecule has 9 nitrogen and oxygen atoms in total. The highest BCUT2D eigenvalue weighted by Gasteiger charge is 2.23. The molecule has 2 aliphatic heterocycles. The van der Waals surface area contributed by atoms with Crippen LogP contribution in [0.1, 0.15) is 44.6 Å². The lowest BCUT2D eigenvalue weighted by Gasteiger charge is -2.36. The predicted molar refractivity (Wildman–Crippen MR) is 159 cm³/mol. The maximum Gasteiger partial charge on any atom is 0.322 e. The minimum Gasteiger partial charge on any atom is -0.466 e. The van der Waals surface area contributed by atoms with E-state index in [4.69, 9.17) is 27.9 Å². The normalized spacial score (nSPS) is 15.7. The lowest BCUT2D eigenvalue weighted by Crippen LogP contribution is -2.50. The highest BCUT2D eigenvalue weighted by Crippen LogP contribution is 2.33. The van der Waals surface area contributed by atoms with Gasteiger partial charge in [-0.05, 0) is 81.2 Å². The Balaban J connectivity index is 1.22. The quantitative estimate of drug-likeness (QED) is 0.349. The van der Waals surface area contributed by atoms with Crippen LogP contribution in [0.15, 0.2) is 36.4 Å². The Morgan fingerprint density at radius 1 is 0.875 bits per heavy atom. The van der Waals surface area contributed by atoms with Crippen molar-refractivity contribution >= 4 is 58.2 Å². The van der Waals surface area contributed by atoms with Crippen LogP contribution in [0.2, 0.25) is 10.0 Å². The van der Waals surface area contributed by atoms with Crippen LogP contribution in [0.3, 0.4) is 0 Å². The maximum absolute atomic E-state index is 13.0. The molecule has 0 spiro atoms. The van der Waals surface area contributed by atoms with Gasteiger partial charge < -0.3 is 25.2 Å². The summed E-state index contributed by atoms with van der Waals surface area (Å²) in [4.78, 5) is 42.9. The highest BCUT2D eigenvalue weighted by molar-refractivity contribution is 6.39. The fourth-order valence-corrected chi connectivity index (χ4v) is 5.62. The topological polar surface area (TPSA) is 94.2 Å². The Kier molecular flexibility index (Phi) is 10.9. The average molecular weight is 591 g/mol. The molecule has 0 atom stereocenters. The number of hydrogen-bond donors (Lipinski definition) is 2. The Hall–Kier alpha value is -3.01. The molecule has 2 heterocycles. The second-order valence-electron chi connectivity index (χ2n) is 10.1. The van der Waals surface area contributed by atoms with Gasteiger partial charge in [-0.15, -0.1) is 0 Å². The molecule has 11 heteroatoms. The summed E-state index contributed by atoms with van der Waals surface area (Å²) in [6.45, 7) is 7.51. The molecule has 40 heavy (non-hydrogen) atoms. The zero-order chi connectivity index (χ0) is 28.5. The number of nitrogens with zero attached hydrogens (tertiary/aromatic N) is 3. The maximum atomic E-state index is 13.0. The number of carbonyl (C=O) groups is 3. The number of carbonyl (C=O) groups excluding carboxylic acids is 3. The van der Waals surface area contributed by atoms with Gasteiger partial charge in [0.25, 0.3) is 0 Å². The molecule has 2 saturated heterocycles. The van der Waals surface area contributed by atoms with Crippen molar-refractivity contribution in [1.82, 2.24) is 9.80 Å². The van der Waals surface area contributed by atoms with Crippen molar-refractivity contribution in [3.8, 4) is 0 Å².